The predicted molar refractivity (Wildman–Crippen MR) is 317 cm³/mol. The fourth-order valence-electron chi connectivity index (χ4n) is 12.0. The Morgan fingerprint density at radius 2 is 0.714 bits per heavy atom. The predicted octanol–water partition coefficient (Wildman–Crippen LogP) is 21.9. The summed E-state index contributed by atoms with van der Waals surface area (Å²) in [5.41, 5.74) is 0.181. The summed E-state index contributed by atoms with van der Waals surface area (Å²) in [7, 11) is 0. The fourth-order valence-corrected chi connectivity index (χ4v) is 12.0. The molecule has 0 spiro atoms. The molecular formula is C66H132N4. The van der Waals surface area contributed by atoms with E-state index in [0.29, 0.717) is 12.1 Å². The third kappa shape index (κ3) is 37.8. The second-order valence-corrected chi connectivity index (χ2v) is 24.4. The normalized spacial score (nSPS) is 13.3. The molecule has 0 saturated carbocycles. The second-order valence-electron chi connectivity index (χ2n) is 24.4. The van der Waals surface area contributed by atoms with Gasteiger partial charge in [0.2, 0.25) is 0 Å². The molecule has 0 fully saturated rings. The molecule has 2 atom stereocenters. The van der Waals surface area contributed by atoms with Crippen molar-refractivity contribution in [3.05, 3.63) is 18.7 Å². The number of hydrogen-bond acceptors (Lipinski definition) is 3. The van der Waals surface area contributed by atoms with Gasteiger partial charge >= 0.3 is 0 Å². The number of unbranched alkanes of at least 4 members (excludes halogenated alkanes) is 32. The van der Waals surface area contributed by atoms with Gasteiger partial charge in [-0.3, -0.25) is 4.90 Å². The first-order chi connectivity index (χ1) is 34.2. The summed E-state index contributed by atoms with van der Waals surface area (Å²) in [6, 6.07) is 1.91. The highest BCUT2D eigenvalue weighted by Gasteiger charge is 2.35. The van der Waals surface area contributed by atoms with Gasteiger partial charge in [0, 0.05) is 50.2 Å². The van der Waals surface area contributed by atoms with Gasteiger partial charge in [0.05, 0.1) is 6.33 Å². The van der Waals surface area contributed by atoms with Crippen LogP contribution in [0.4, 0.5) is 0 Å². The molecule has 1 aromatic heterocycles. The topological polar surface area (TPSA) is 24.3 Å². The summed E-state index contributed by atoms with van der Waals surface area (Å²) in [5.74, 6) is 0.857. The van der Waals surface area contributed by atoms with Crippen LogP contribution in [0, 0.1) is 11.3 Å². The van der Waals surface area contributed by atoms with Crippen LogP contribution in [0.2, 0.25) is 0 Å². The minimum absolute atomic E-state index is 0.181. The smallest absolute Gasteiger partial charge is 0.0946 e. The lowest BCUT2D eigenvalue weighted by Crippen LogP contribution is -2.52. The first kappa shape index (κ1) is 67.1. The quantitative estimate of drug-likeness (QED) is 0.0608. The van der Waals surface area contributed by atoms with E-state index in [2.05, 4.69) is 94.2 Å². The molecule has 1 aromatic rings. The molecule has 0 amide bonds. The first-order valence-electron chi connectivity index (χ1n) is 32.7. The fraction of sp³-hybridized carbons (Fsp3) is 0.955. The Hall–Kier alpha value is -0.870. The van der Waals surface area contributed by atoms with E-state index < -0.39 is 0 Å². The zero-order valence-electron chi connectivity index (χ0n) is 50.0. The van der Waals surface area contributed by atoms with Crippen molar-refractivity contribution in [1.29, 1.82) is 0 Å². The van der Waals surface area contributed by atoms with E-state index in [1.54, 1.807) is 0 Å². The Labute approximate surface area is 443 Å². The van der Waals surface area contributed by atoms with E-state index in [1.165, 1.54) is 309 Å². The highest BCUT2D eigenvalue weighted by Crippen LogP contribution is 2.32. The van der Waals surface area contributed by atoms with Crippen molar-refractivity contribution in [3.8, 4) is 0 Å². The van der Waals surface area contributed by atoms with Gasteiger partial charge in [-0.05, 0) is 62.8 Å². The van der Waals surface area contributed by atoms with Crippen molar-refractivity contribution in [2.45, 2.75) is 376 Å². The summed E-state index contributed by atoms with van der Waals surface area (Å²) >= 11 is 0. The maximum absolute atomic E-state index is 4.58. The van der Waals surface area contributed by atoms with E-state index in [-0.39, 0.29) is 5.41 Å². The van der Waals surface area contributed by atoms with E-state index in [9.17, 15) is 0 Å². The molecule has 1 rings (SSSR count). The maximum Gasteiger partial charge on any atom is 0.0946 e. The van der Waals surface area contributed by atoms with Gasteiger partial charge in [-0.15, -0.1) is 0 Å². The molecule has 0 aliphatic heterocycles. The SMILES string of the molecule is CCCCCCCCCCC(CCCCCCCC)CN(CCCN(C(CCCCCCCC)CCCCCCCC)C(Cn1ccnc1)C(C)(C)C)C(CCCCCCCC)CCCCCCCC. The molecule has 0 aliphatic rings. The minimum atomic E-state index is 0.181. The van der Waals surface area contributed by atoms with Crippen LogP contribution in [0.5, 0.6) is 0 Å². The zero-order valence-corrected chi connectivity index (χ0v) is 50.0. The van der Waals surface area contributed by atoms with Crippen LogP contribution in [0.3, 0.4) is 0 Å². The molecule has 4 heteroatoms. The highest BCUT2D eigenvalue weighted by molar-refractivity contribution is 4.90. The van der Waals surface area contributed by atoms with Crippen LogP contribution >= 0.6 is 0 Å². The molecule has 2 unspecified atom stereocenters. The zero-order chi connectivity index (χ0) is 51.0. The lowest BCUT2D eigenvalue weighted by molar-refractivity contribution is 0.0301. The molecule has 0 saturated heterocycles. The lowest BCUT2D eigenvalue weighted by atomic mass is 9.83. The van der Waals surface area contributed by atoms with Crippen molar-refractivity contribution in [2.24, 2.45) is 11.3 Å². The molecular weight excluding hydrogens is 849 g/mol. The van der Waals surface area contributed by atoms with Crippen LogP contribution in [0.25, 0.3) is 0 Å². The average Bonchev–Trinajstić information content (AvgIpc) is 3.87. The van der Waals surface area contributed by atoms with Gasteiger partial charge in [0.1, 0.15) is 0 Å². The van der Waals surface area contributed by atoms with E-state index in [0.717, 1.165) is 18.5 Å². The summed E-state index contributed by atoms with van der Waals surface area (Å²) in [6.45, 7) is 26.8. The Morgan fingerprint density at radius 1 is 0.386 bits per heavy atom. The summed E-state index contributed by atoms with van der Waals surface area (Å²) < 4.78 is 2.41. The van der Waals surface area contributed by atoms with Crippen molar-refractivity contribution >= 4 is 0 Å². The van der Waals surface area contributed by atoms with Gasteiger partial charge in [-0.2, -0.15) is 0 Å². The standard InChI is InChI=1S/C66H132N4/c1-10-16-22-28-34-35-37-43-50-62(49-42-36-29-23-17-11-2)59-69(63(51-44-38-30-24-18-12-3)52-45-39-31-25-19-13-4)56-48-57-70(65(66(7,8)9)60-68-58-55-67-61-68)64(53-46-40-32-26-20-14-5)54-47-41-33-27-21-15-6/h55,58,61-65H,10-54,56-57,59-60H2,1-9H3. The number of rotatable bonds is 55. The van der Waals surface area contributed by atoms with Crippen LogP contribution < -0.4 is 0 Å². The summed E-state index contributed by atoms with van der Waals surface area (Å²) in [6.07, 6.45) is 70.0. The Balaban J connectivity index is 3.62. The van der Waals surface area contributed by atoms with Crippen molar-refractivity contribution < 1.29 is 0 Å². The minimum Gasteiger partial charge on any atom is -0.336 e. The van der Waals surface area contributed by atoms with Crippen molar-refractivity contribution in [1.82, 2.24) is 19.4 Å². The maximum atomic E-state index is 4.58. The molecule has 0 aliphatic carbocycles. The Bertz CT molecular complexity index is 1110. The van der Waals surface area contributed by atoms with Crippen LogP contribution in [-0.2, 0) is 6.54 Å². The molecule has 0 bridgehead atoms. The van der Waals surface area contributed by atoms with Crippen LogP contribution in [0.15, 0.2) is 18.7 Å². The Kier molecular flexibility index (Phi) is 47.0. The van der Waals surface area contributed by atoms with Gasteiger partial charge in [0.15, 0.2) is 0 Å². The van der Waals surface area contributed by atoms with Crippen LogP contribution in [-0.4, -0.2) is 57.1 Å². The molecule has 4 nitrogen and oxygen atoms in total. The van der Waals surface area contributed by atoms with Gasteiger partial charge < -0.3 is 9.47 Å². The number of aromatic nitrogens is 2. The van der Waals surface area contributed by atoms with Crippen molar-refractivity contribution in [3.63, 3.8) is 0 Å². The molecule has 1 heterocycles. The van der Waals surface area contributed by atoms with Gasteiger partial charge in [0.25, 0.3) is 0 Å². The third-order valence-corrected chi connectivity index (χ3v) is 16.7. The highest BCUT2D eigenvalue weighted by atomic mass is 15.2. The van der Waals surface area contributed by atoms with Crippen LogP contribution in [0.1, 0.15) is 351 Å². The van der Waals surface area contributed by atoms with E-state index in [4.69, 9.17) is 0 Å². The van der Waals surface area contributed by atoms with E-state index >= 15 is 0 Å². The third-order valence-electron chi connectivity index (χ3n) is 16.7. The summed E-state index contributed by atoms with van der Waals surface area (Å²) in [5, 5.41) is 0. The number of imidazole rings is 1. The molecule has 0 aromatic carbocycles. The average molecular weight is 982 g/mol. The molecule has 70 heavy (non-hydrogen) atoms. The van der Waals surface area contributed by atoms with E-state index in [1.807, 2.05) is 6.20 Å². The largest absolute Gasteiger partial charge is 0.336 e. The number of hydrogen-bond donors (Lipinski definition) is 0. The lowest BCUT2D eigenvalue weighted by Gasteiger charge is -2.45. The first-order valence-corrected chi connectivity index (χ1v) is 32.7. The Morgan fingerprint density at radius 3 is 1.04 bits per heavy atom. The van der Waals surface area contributed by atoms with Crippen molar-refractivity contribution in [2.75, 3.05) is 19.6 Å². The van der Waals surface area contributed by atoms with Gasteiger partial charge in [-0.1, -0.05) is 306 Å². The second kappa shape index (κ2) is 49.0. The molecule has 0 N–H and O–H groups in total. The monoisotopic (exact) mass is 981 g/mol. The number of nitrogens with zero attached hydrogens (tertiary/aromatic N) is 4. The summed E-state index contributed by atoms with van der Waals surface area (Å²) in [4.78, 5) is 10.9. The molecule has 0 radical (unpaired) electrons. The molecule has 416 valence electrons. The van der Waals surface area contributed by atoms with Gasteiger partial charge in [-0.25, -0.2) is 4.98 Å².